The molecule has 6 heteroatoms. The predicted octanol–water partition coefficient (Wildman–Crippen LogP) is 2.08. The Morgan fingerprint density at radius 1 is 1.37 bits per heavy atom. The van der Waals surface area contributed by atoms with Crippen molar-refractivity contribution >= 4 is 22.2 Å². The van der Waals surface area contributed by atoms with Crippen LogP contribution in [0.4, 0.5) is 4.39 Å². The first-order valence-electron chi connectivity index (χ1n) is 5.86. The zero-order valence-electron chi connectivity index (χ0n) is 10.1. The molecule has 0 saturated heterocycles. The summed E-state index contributed by atoms with van der Waals surface area (Å²) in [6.45, 7) is 0.917. The van der Waals surface area contributed by atoms with E-state index >= 15 is 0 Å². The maximum absolute atomic E-state index is 13.9. The number of hydrogen-bond acceptors (Lipinski definition) is 3. The van der Waals surface area contributed by atoms with Gasteiger partial charge in [0, 0.05) is 22.3 Å². The summed E-state index contributed by atoms with van der Waals surface area (Å²) >= 11 is 1.49. The molecule has 0 radical (unpaired) electrons. The number of thiazole rings is 1. The van der Waals surface area contributed by atoms with E-state index in [2.05, 4.69) is 15.7 Å². The van der Waals surface area contributed by atoms with Gasteiger partial charge in [-0.1, -0.05) is 0 Å². The lowest BCUT2D eigenvalue weighted by molar-refractivity contribution is -0.387. The van der Waals surface area contributed by atoms with E-state index in [0.717, 1.165) is 22.3 Å². The van der Waals surface area contributed by atoms with Gasteiger partial charge in [-0.3, -0.25) is 0 Å². The second kappa shape index (κ2) is 4.99. The van der Waals surface area contributed by atoms with Gasteiger partial charge in [-0.05, 0) is 12.1 Å². The first-order valence-corrected chi connectivity index (χ1v) is 6.81. The number of quaternary nitrogens is 1. The zero-order chi connectivity index (χ0) is 13.2. The molecule has 2 aromatic heterocycles. The van der Waals surface area contributed by atoms with Crippen LogP contribution in [-0.4, -0.2) is 9.97 Å². The summed E-state index contributed by atoms with van der Waals surface area (Å²) in [6.07, 6.45) is 0. The highest BCUT2D eigenvalue weighted by Crippen LogP contribution is 2.25. The van der Waals surface area contributed by atoms with Gasteiger partial charge in [0.25, 0.3) is 0 Å². The molecule has 0 aliphatic heterocycles. The van der Waals surface area contributed by atoms with E-state index in [9.17, 15) is 4.39 Å². The van der Waals surface area contributed by atoms with Crippen LogP contribution in [0.5, 0.6) is 5.75 Å². The summed E-state index contributed by atoms with van der Waals surface area (Å²) in [7, 11) is 0. The van der Waals surface area contributed by atoms with E-state index in [1.165, 1.54) is 17.4 Å². The van der Waals surface area contributed by atoms with Crippen molar-refractivity contribution in [2.24, 2.45) is 0 Å². The zero-order valence-corrected chi connectivity index (χ0v) is 11.0. The van der Waals surface area contributed by atoms with E-state index in [0.29, 0.717) is 6.54 Å². The molecular formula is C13H13FN3OS+. The van der Waals surface area contributed by atoms with Crippen molar-refractivity contribution in [3.63, 3.8) is 0 Å². The summed E-state index contributed by atoms with van der Waals surface area (Å²) < 4.78 is 19.4. The maximum Gasteiger partial charge on any atom is 0.165 e. The molecule has 0 aliphatic rings. The molecule has 19 heavy (non-hydrogen) atoms. The fraction of sp³-hybridized carbons (Fsp3) is 0.154. The third-order valence-corrected chi connectivity index (χ3v) is 3.49. The van der Waals surface area contributed by atoms with Crippen LogP contribution in [0.25, 0.3) is 10.9 Å². The van der Waals surface area contributed by atoms with E-state index in [1.54, 1.807) is 11.6 Å². The van der Waals surface area contributed by atoms with Gasteiger partial charge in [0.05, 0.1) is 16.9 Å². The summed E-state index contributed by atoms with van der Waals surface area (Å²) in [4.78, 5) is 7.28. The van der Waals surface area contributed by atoms with Crippen LogP contribution in [0.15, 0.2) is 29.1 Å². The van der Waals surface area contributed by atoms with Crippen LogP contribution < -0.4 is 10.5 Å². The Balaban J connectivity index is 1.88. The Labute approximate surface area is 113 Å². The normalized spacial score (nSPS) is 11.1. The Morgan fingerprint density at radius 3 is 3.00 bits per heavy atom. The number of ether oxygens (including phenoxy) is 1. The van der Waals surface area contributed by atoms with E-state index < -0.39 is 0 Å². The molecule has 0 amide bonds. The average Bonchev–Trinajstić information content (AvgIpc) is 3.04. The van der Waals surface area contributed by atoms with E-state index in [4.69, 9.17) is 4.74 Å². The number of hydrogen-bond donors (Lipinski definition) is 2. The molecule has 4 N–H and O–H groups in total. The van der Waals surface area contributed by atoms with Gasteiger partial charge in [0.15, 0.2) is 11.6 Å². The van der Waals surface area contributed by atoms with Gasteiger partial charge in [0.2, 0.25) is 0 Å². The Kier molecular flexibility index (Phi) is 3.18. The number of halogens is 1. The Hall–Kier alpha value is -1.92. The molecule has 0 unspecified atom stereocenters. The van der Waals surface area contributed by atoms with Crippen LogP contribution >= 0.6 is 11.3 Å². The van der Waals surface area contributed by atoms with Crippen molar-refractivity contribution < 1.29 is 14.9 Å². The fourth-order valence-electron chi connectivity index (χ4n) is 1.90. The van der Waals surface area contributed by atoms with E-state index in [1.807, 2.05) is 11.4 Å². The minimum Gasteiger partial charge on any atom is -0.484 e. The Morgan fingerprint density at radius 2 is 2.26 bits per heavy atom. The number of H-pyrrole nitrogens is 1. The quantitative estimate of drug-likeness (QED) is 0.767. The van der Waals surface area contributed by atoms with Crippen LogP contribution in [0, 0.1) is 5.82 Å². The van der Waals surface area contributed by atoms with Crippen molar-refractivity contribution in [2.45, 2.75) is 13.2 Å². The number of nitrogens with one attached hydrogen (secondary N) is 1. The van der Waals surface area contributed by atoms with Gasteiger partial charge < -0.3 is 15.5 Å². The average molecular weight is 278 g/mol. The number of fused-ring (bicyclic) bond motifs is 1. The second-order valence-corrected chi connectivity index (χ2v) is 4.90. The number of rotatable bonds is 4. The third kappa shape index (κ3) is 2.45. The number of aromatic amines is 1. The maximum atomic E-state index is 13.9. The molecule has 3 rings (SSSR count). The highest BCUT2D eigenvalue weighted by Gasteiger charge is 2.09. The molecule has 3 aromatic rings. The highest BCUT2D eigenvalue weighted by atomic mass is 32.1. The van der Waals surface area contributed by atoms with E-state index in [-0.39, 0.29) is 18.2 Å². The van der Waals surface area contributed by atoms with Gasteiger partial charge in [0.1, 0.15) is 13.2 Å². The van der Waals surface area contributed by atoms with Crippen molar-refractivity contribution in [1.82, 2.24) is 9.97 Å². The van der Waals surface area contributed by atoms with Crippen molar-refractivity contribution in [3.05, 3.63) is 46.3 Å². The minimum atomic E-state index is -0.364. The molecule has 0 atom stereocenters. The standard InChI is InChI=1S/C13H12FN3OS/c14-11-2-8-1-9(4-15)17-12(8)3-13(11)18-5-10-6-19-7-16-10/h1-3,6-7,17H,4-5,15H2/p+1. The summed E-state index contributed by atoms with van der Waals surface area (Å²) in [6, 6.07) is 5.05. The predicted molar refractivity (Wildman–Crippen MR) is 71.3 cm³/mol. The van der Waals surface area contributed by atoms with Crippen LogP contribution in [-0.2, 0) is 13.2 Å². The topological polar surface area (TPSA) is 65.6 Å². The van der Waals surface area contributed by atoms with Gasteiger partial charge >= 0.3 is 0 Å². The molecule has 4 nitrogen and oxygen atoms in total. The first kappa shape index (κ1) is 12.1. The SMILES string of the molecule is [NH3+]Cc1cc2cc(F)c(OCc3cscn3)cc2[nH]1. The second-order valence-electron chi connectivity index (χ2n) is 4.18. The lowest BCUT2D eigenvalue weighted by Gasteiger charge is -2.05. The molecule has 1 aromatic carbocycles. The monoisotopic (exact) mass is 278 g/mol. The van der Waals surface area contributed by atoms with Crippen molar-refractivity contribution in [3.8, 4) is 5.75 Å². The fourth-order valence-corrected chi connectivity index (χ4v) is 2.44. The molecule has 0 bridgehead atoms. The smallest absolute Gasteiger partial charge is 0.165 e. The van der Waals surface area contributed by atoms with Crippen LogP contribution in [0.1, 0.15) is 11.4 Å². The number of aromatic nitrogens is 2. The molecule has 0 spiro atoms. The summed E-state index contributed by atoms with van der Waals surface area (Å²) in [5.74, 6) is -0.129. The van der Waals surface area contributed by atoms with Crippen LogP contribution in [0.3, 0.4) is 0 Å². The molecule has 98 valence electrons. The van der Waals surface area contributed by atoms with Crippen molar-refractivity contribution in [2.75, 3.05) is 0 Å². The van der Waals surface area contributed by atoms with Gasteiger partial charge in [-0.25, -0.2) is 9.37 Å². The largest absolute Gasteiger partial charge is 0.484 e. The van der Waals surface area contributed by atoms with Gasteiger partial charge in [-0.2, -0.15) is 0 Å². The first-order chi connectivity index (χ1) is 9.26. The number of benzene rings is 1. The highest BCUT2D eigenvalue weighted by molar-refractivity contribution is 7.07. The van der Waals surface area contributed by atoms with Gasteiger partial charge in [-0.15, -0.1) is 11.3 Å². The van der Waals surface area contributed by atoms with Crippen molar-refractivity contribution in [1.29, 1.82) is 0 Å². The molecule has 0 aliphatic carbocycles. The molecule has 0 saturated carbocycles. The lowest BCUT2D eigenvalue weighted by Crippen LogP contribution is -2.47. The molecular weight excluding hydrogens is 265 g/mol. The summed E-state index contributed by atoms with van der Waals surface area (Å²) in [5.41, 5.74) is 8.16. The Bertz CT molecular complexity index is 693. The minimum absolute atomic E-state index is 0.234. The molecule has 0 fully saturated rings. The van der Waals surface area contributed by atoms with Crippen LogP contribution in [0.2, 0.25) is 0 Å². The molecule has 2 heterocycles. The number of nitrogens with zero attached hydrogens (tertiary/aromatic N) is 1. The summed E-state index contributed by atoms with van der Waals surface area (Å²) in [5, 5.41) is 2.71. The third-order valence-electron chi connectivity index (χ3n) is 2.86. The lowest BCUT2D eigenvalue weighted by atomic mass is 10.2.